The van der Waals surface area contributed by atoms with Gasteiger partial charge in [-0.1, -0.05) is 194 Å². The van der Waals surface area contributed by atoms with Gasteiger partial charge in [0, 0.05) is 0 Å². The van der Waals surface area contributed by atoms with Crippen molar-refractivity contribution in [2.24, 2.45) is 0 Å². The molecule has 0 bridgehead atoms. The Kier molecular flexibility index (Phi) is 5.98. The third kappa shape index (κ3) is 3.98. The maximum absolute atomic E-state index is 2.43. The standard InChI is InChI=1S/C56H32/c1-3-9-33(10-4-1)35-15-19-39(20-16-35)50-41-13-7-8-14-42(41)51(40-21-17-36(18-22-40)34-11-5-2-6-12-34)56-48-32-30-46-44-28-26-38-24-23-37-25-27-43(52(44)49(37)38)45-29-31-47(55(50)56)54(48)53(45)46/h1-32H. The molecule has 0 saturated carbocycles. The highest BCUT2D eigenvalue weighted by atomic mass is 14.3. The van der Waals surface area contributed by atoms with Gasteiger partial charge in [0.15, 0.2) is 0 Å². The zero-order chi connectivity index (χ0) is 36.5. The van der Waals surface area contributed by atoms with E-state index in [4.69, 9.17) is 0 Å². The largest absolute Gasteiger partial charge is 0.0622 e. The van der Waals surface area contributed by atoms with Crippen LogP contribution in [-0.4, -0.2) is 0 Å². The minimum Gasteiger partial charge on any atom is -0.0622 e. The number of hydrogen-bond acceptors (Lipinski definition) is 0. The van der Waals surface area contributed by atoms with E-state index in [1.807, 2.05) is 0 Å². The van der Waals surface area contributed by atoms with Gasteiger partial charge in [0.05, 0.1) is 0 Å². The van der Waals surface area contributed by atoms with Crippen molar-refractivity contribution in [3.05, 3.63) is 193 Å². The molecule has 11 aromatic rings. The monoisotopic (exact) mass is 704 g/mol. The lowest BCUT2D eigenvalue weighted by atomic mass is 9.82. The molecule has 2 aliphatic rings. The van der Waals surface area contributed by atoms with Crippen molar-refractivity contribution >= 4 is 66.0 Å². The summed E-state index contributed by atoms with van der Waals surface area (Å²) >= 11 is 0. The van der Waals surface area contributed by atoms with E-state index in [0.717, 1.165) is 0 Å². The second-order valence-corrected chi connectivity index (χ2v) is 15.5. The van der Waals surface area contributed by atoms with E-state index in [1.165, 1.54) is 132 Å². The van der Waals surface area contributed by atoms with Gasteiger partial charge in [-0.05, 0) is 132 Å². The predicted molar refractivity (Wildman–Crippen MR) is 240 cm³/mol. The molecule has 0 aromatic heterocycles. The van der Waals surface area contributed by atoms with Gasteiger partial charge in [-0.3, -0.25) is 0 Å². The fourth-order valence-corrected chi connectivity index (χ4v) is 10.3. The molecule has 0 fully saturated rings. The van der Waals surface area contributed by atoms with Crippen LogP contribution in [0.2, 0.25) is 0 Å². The van der Waals surface area contributed by atoms with Crippen LogP contribution in [0, 0.1) is 0 Å². The van der Waals surface area contributed by atoms with Gasteiger partial charge in [0.1, 0.15) is 0 Å². The van der Waals surface area contributed by atoms with Crippen molar-refractivity contribution in [2.45, 2.75) is 0 Å². The second-order valence-electron chi connectivity index (χ2n) is 15.5. The summed E-state index contributed by atoms with van der Waals surface area (Å²) in [4.78, 5) is 0. The number of benzene rings is 11. The van der Waals surface area contributed by atoms with E-state index in [-0.39, 0.29) is 0 Å². The summed E-state index contributed by atoms with van der Waals surface area (Å²) in [5.41, 5.74) is 18.0. The molecule has 13 rings (SSSR count). The third-order valence-corrected chi connectivity index (χ3v) is 12.7. The number of rotatable bonds is 4. The Bertz CT molecular complexity index is 3230. The van der Waals surface area contributed by atoms with Gasteiger partial charge in [0.2, 0.25) is 0 Å². The first-order valence-corrected chi connectivity index (χ1v) is 19.6. The van der Waals surface area contributed by atoms with Crippen LogP contribution in [0.5, 0.6) is 0 Å². The van der Waals surface area contributed by atoms with Crippen LogP contribution in [0.1, 0.15) is 11.1 Å². The highest BCUT2D eigenvalue weighted by Gasteiger charge is 2.32. The molecule has 0 heterocycles. The normalized spacial score (nSPS) is 12.6. The van der Waals surface area contributed by atoms with Gasteiger partial charge < -0.3 is 0 Å². The smallest absolute Gasteiger partial charge is 0.000740 e. The molecule has 0 nitrogen and oxygen atoms in total. The van der Waals surface area contributed by atoms with Gasteiger partial charge >= 0.3 is 0 Å². The lowest BCUT2D eigenvalue weighted by Crippen LogP contribution is -1.94. The molecule has 0 saturated heterocycles. The van der Waals surface area contributed by atoms with Gasteiger partial charge in [-0.25, -0.2) is 0 Å². The van der Waals surface area contributed by atoms with Crippen molar-refractivity contribution < 1.29 is 0 Å². The maximum Gasteiger partial charge on any atom is -0.000740 e. The molecule has 0 aliphatic heterocycles. The SMILES string of the molecule is C1=Cc2ccc3c4ccc5c6c(ccc(c7ccc1c2c73)c64)-c1c-5c(-c2ccc(-c3ccccc3)cc2)c2ccccc2c1-c1ccc(-c2ccccc2)cc1. The zero-order valence-corrected chi connectivity index (χ0v) is 30.5. The van der Waals surface area contributed by atoms with Crippen LogP contribution in [0.3, 0.4) is 0 Å². The van der Waals surface area contributed by atoms with Crippen molar-refractivity contribution in [1.29, 1.82) is 0 Å². The molecule has 256 valence electrons. The molecule has 2 aliphatic carbocycles. The molecule has 0 amide bonds. The summed E-state index contributed by atoms with van der Waals surface area (Å²) < 4.78 is 0. The Balaban J connectivity index is 1.15. The van der Waals surface area contributed by atoms with Gasteiger partial charge in [-0.2, -0.15) is 0 Å². The fourth-order valence-electron chi connectivity index (χ4n) is 10.3. The lowest BCUT2D eigenvalue weighted by Gasteiger charge is -2.21. The Labute approximate surface area is 324 Å². The van der Waals surface area contributed by atoms with Crippen molar-refractivity contribution in [3.8, 4) is 66.8 Å². The molecular weight excluding hydrogens is 673 g/mol. The Morgan fingerprint density at radius 2 is 0.554 bits per heavy atom. The van der Waals surface area contributed by atoms with Crippen LogP contribution >= 0.6 is 0 Å². The molecule has 11 aromatic carbocycles. The Hall–Kier alpha value is -7.28. The summed E-state index contributed by atoms with van der Waals surface area (Å²) in [5.74, 6) is 0. The van der Waals surface area contributed by atoms with Crippen molar-refractivity contribution in [1.82, 2.24) is 0 Å². The first-order chi connectivity index (χ1) is 27.8. The van der Waals surface area contributed by atoms with Crippen LogP contribution in [0.4, 0.5) is 0 Å². The van der Waals surface area contributed by atoms with Crippen LogP contribution in [0.25, 0.3) is 133 Å². The molecule has 0 unspecified atom stereocenters. The first-order valence-electron chi connectivity index (χ1n) is 19.6. The average Bonchev–Trinajstić information content (AvgIpc) is 3.85. The summed E-state index contributed by atoms with van der Waals surface area (Å²) in [6.07, 6.45) is 4.54. The Morgan fingerprint density at radius 3 is 1.00 bits per heavy atom. The predicted octanol–water partition coefficient (Wildman–Crippen LogP) is 15.7. The molecule has 0 heteroatoms. The molecule has 0 atom stereocenters. The molecule has 0 spiro atoms. The van der Waals surface area contributed by atoms with Crippen LogP contribution in [0.15, 0.2) is 182 Å². The van der Waals surface area contributed by atoms with Gasteiger partial charge in [0.25, 0.3) is 0 Å². The molecule has 0 radical (unpaired) electrons. The number of fused-ring (bicyclic) bond motifs is 6. The molecule has 0 N–H and O–H groups in total. The molecular formula is C56H32. The van der Waals surface area contributed by atoms with E-state index in [0.29, 0.717) is 0 Å². The van der Waals surface area contributed by atoms with Crippen molar-refractivity contribution in [2.75, 3.05) is 0 Å². The maximum atomic E-state index is 2.43. The highest BCUT2D eigenvalue weighted by molar-refractivity contribution is 6.40. The van der Waals surface area contributed by atoms with E-state index in [1.54, 1.807) is 0 Å². The fraction of sp³-hybridized carbons (Fsp3) is 0. The van der Waals surface area contributed by atoms with Crippen LogP contribution in [-0.2, 0) is 0 Å². The zero-order valence-electron chi connectivity index (χ0n) is 30.5. The minimum absolute atomic E-state index is 1.23. The Morgan fingerprint density at radius 1 is 0.196 bits per heavy atom. The van der Waals surface area contributed by atoms with E-state index in [2.05, 4.69) is 194 Å². The van der Waals surface area contributed by atoms with E-state index < -0.39 is 0 Å². The summed E-state index contributed by atoms with van der Waals surface area (Å²) in [5, 5.41) is 13.4. The lowest BCUT2D eigenvalue weighted by molar-refractivity contribution is 1.59. The summed E-state index contributed by atoms with van der Waals surface area (Å²) in [6.45, 7) is 0. The van der Waals surface area contributed by atoms with Crippen LogP contribution < -0.4 is 0 Å². The quantitative estimate of drug-likeness (QED) is 0.126. The third-order valence-electron chi connectivity index (χ3n) is 12.7. The molecule has 56 heavy (non-hydrogen) atoms. The second kappa shape index (κ2) is 11.1. The van der Waals surface area contributed by atoms with E-state index in [9.17, 15) is 0 Å². The highest BCUT2D eigenvalue weighted by Crippen LogP contribution is 2.60. The first kappa shape index (κ1) is 30.1. The average molecular weight is 705 g/mol. The topological polar surface area (TPSA) is 0 Å². The van der Waals surface area contributed by atoms with E-state index >= 15 is 0 Å². The minimum atomic E-state index is 1.23. The number of hydrogen-bond donors (Lipinski definition) is 0. The van der Waals surface area contributed by atoms with Gasteiger partial charge in [-0.15, -0.1) is 0 Å². The summed E-state index contributed by atoms with van der Waals surface area (Å²) in [7, 11) is 0. The van der Waals surface area contributed by atoms with Crippen molar-refractivity contribution in [3.63, 3.8) is 0 Å². The summed E-state index contributed by atoms with van der Waals surface area (Å²) in [6, 6.07) is 68.1.